The van der Waals surface area contributed by atoms with Crippen molar-refractivity contribution in [2.24, 2.45) is 0 Å². The van der Waals surface area contributed by atoms with Crippen molar-refractivity contribution >= 4 is 23.5 Å². The molecule has 2 aromatic carbocycles. The number of carbonyl (C=O) groups excluding carboxylic acids is 1. The minimum atomic E-state index is -0.275. The summed E-state index contributed by atoms with van der Waals surface area (Å²) >= 11 is 6.08. The van der Waals surface area contributed by atoms with Crippen molar-refractivity contribution in [2.45, 2.75) is 0 Å². The predicted molar refractivity (Wildman–Crippen MR) is 92.6 cm³/mol. The number of phenolic OH excluding ortho intramolecular Hbond substituents is 1. The van der Waals surface area contributed by atoms with E-state index < -0.39 is 0 Å². The van der Waals surface area contributed by atoms with Crippen molar-refractivity contribution in [1.29, 1.82) is 0 Å². The molecule has 6 heteroatoms. The van der Waals surface area contributed by atoms with Gasteiger partial charge in [0.1, 0.15) is 11.5 Å². The second-order valence-corrected chi connectivity index (χ2v) is 5.22. The van der Waals surface area contributed by atoms with Gasteiger partial charge in [-0.15, -0.1) is 0 Å². The Morgan fingerprint density at radius 1 is 1.00 bits per heavy atom. The van der Waals surface area contributed by atoms with Gasteiger partial charge < -0.3 is 19.3 Å². The van der Waals surface area contributed by atoms with E-state index in [0.717, 1.165) is 0 Å². The fourth-order valence-corrected chi connectivity index (χ4v) is 2.35. The van der Waals surface area contributed by atoms with Gasteiger partial charge in [0, 0.05) is 6.07 Å². The van der Waals surface area contributed by atoms with E-state index in [4.69, 9.17) is 25.8 Å². The summed E-state index contributed by atoms with van der Waals surface area (Å²) in [6.45, 7) is 0. The maximum Gasteiger partial charge on any atom is 0.189 e. The normalized spacial score (nSPS) is 10.7. The van der Waals surface area contributed by atoms with Crippen LogP contribution < -0.4 is 14.2 Å². The van der Waals surface area contributed by atoms with Crippen molar-refractivity contribution in [3.63, 3.8) is 0 Å². The van der Waals surface area contributed by atoms with Crippen LogP contribution in [-0.2, 0) is 0 Å². The Labute approximate surface area is 145 Å². The Kier molecular flexibility index (Phi) is 5.71. The van der Waals surface area contributed by atoms with Crippen LogP contribution in [0.15, 0.2) is 36.4 Å². The molecule has 2 aromatic rings. The van der Waals surface area contributed by atoms with Crippen molar-refractivity contribution in [3.05, 3.63) is 52.6 Å². The molecule has 0 atom stereocenters. The fraction of sp³-hybridized carbons (Fsp3) is 0.167. The molecular weight excluding hydrogens is 332 g/mol. The highest BCUT2D eigenvalue weighted by atomic mass is 35.5. The first kappa shape index (κ1) is 17.7. The number of hydrogen-bond acceptors (Lipinski definition) is 5. The smallest absolute Gasteiger partial charge is 0.189 e. The van der Waals surface area contributed by atoms with E-state index in [9.17, 15) is 9.90 Å². The number of ketones is 1. The predicted octanol–water partition coefficient (Wildman–Crippen LogP) is 3.97. The van der Waals surface area contributed by atoms with Crippen molar-refractivity contribution in [2.75, 3.05) is 21.3 Å². The number of aromatic hydroxyl groups is 1. The molecule has 24 heavy (non-hydrogen) atoms. The lowest BCUT2D eigenvalue weighted by Gasteiger charge is -2.10. The van der Waals surface area contributed by atoms with E-state index in [0.29, 0.717) is 33.4 Å². The highest BCUT2D eigenvalue weighted by Crippen LogP contribution is 2.33. The van der Waals surface area contributed by atoms with Gasteiger partial charge in [0.05, 0.1) is 31.9 Å². The van der Waals surface area contributed by atoms with E-state index >= 15 is 0 Å². The van der Waals surface area contributed by atoms with Crippen LogP contribution in [0.4, 0.5) is 0 Å². The van der Waals surface area contributed by atoms with Gasteiger partial charge in [-0.1, -0.05) is 23.7 Å². The summed E-state index contributed by atoms with van der Waals surface area (Å²) in [4.78, 5) is 12.4. The van der Waals surface area contributed by atoms with Gasteiger partial charge in [-0.3, -0.25) is 4.79 Å². The second-order valence-electron chi connectivity index (χ2n) is 4.82. The van der Waals surface area contributed by atoms with Gasteiger partial charge in [0.25, 0.3) is 0 Å². The lowest BCUT2D eigenvalue weighted by Crippen LogP contribution is -2.00. The molecular formula is C18H17ClO5. The maximum absolute atomic E-state index is 12.4. The molecule has 5 nitrogen and oxygen atoms in total. The summed E-state index contributed by atoms with van der Waals surface area (Å²) in [6.07, 6.45) is 3.01. The molecule has 0 unspecified atom stereocenters. The average molecular weight is 349 g/mol. The van der Waals surface area contributed by atoms with Crippen LogP contribution in [-0.4, -0.2) is 32.2 Å². The molecule has 1 N–H and O–H groups in total. The molecule has 0 aliphatic rings. The van der Waals surface area contributed by atoms with E-state index in [1.54, 1.807) is 24.3 Å². The maximum atomic E-state index is 12.4. The lowest BCUT2D eigenvalue weighted by molar-refractivity contribution is 0.104. The molecule has 0 amide bonds. The Hall–Kier alpha value is -2.66. The highest BCUT2D eigenvalue weighted by molar-refractivity contribution is 6.32. The first-order chi connectivity index (χ1) is 11.5. The minimum Gasteiger partial charge on any atom is -0.504 e. The molecule has 0 aromatic heterocycles. The second kappa shape index (κ2) is 7.75. The summed E-state index contributed by atoms with van der Waals surface area (Å²) < 4.78 is 15.4. The summed E-state index contributed by atoms with van der Waals surface area (Å²) in [6, 6.07) is 7.85. The minimum absolute atomic E-state index is 0.0320. The van der Waals surface area contributed by atoms with Crippen molar-refractivity contribution in [1.82, 2.24) is 0 Å². The van der Waals surface area contributed by atoms with Gasteiger partial charge in [0.15, 0.2) is 17.3 Å². The summed E-state index contributed by atoms with van der Waals surface area (Å²) in [5.74, 6) is 0.884. The van der Waals surface area contributed by atoms with E-state index in [1.165, 1.54) is 39.5 Å². The van der Waals surface area contributed by atoms with Gasteiger partial charge in [-0.25, -0.2) is 0 Å². The number of methoxy groups -OCH3 is 3. The molecule has 0 heterocycles. The molecule has 0 aliphatic carbocycles. The Morgan fingerprint density at radius 2 is 1.67 bits per heavy atom. The molecule has 126 valence electrons. The largest absolute Gasteiger partial charge is 0.504 e. The van der Waals surface area contributed by atoms with Crippen LogP contribution in [0.1, 0.15) is 15.9 Å². The quantitative estimate of drug-likeness (QED) is 0.632. The molecule has 2 rings (SSSR count). The third-order valence-corrected chi connectivity index (χ3v) is 3.67. The molecule has 0 saturated heterocycles. The topological polar surface area (TPSA) is 65.0 Å². The van der Waals surface area contributed by atoms with Crippen LogP contribution in [0.25, 0.3) is 6.08 Å². The first-order valence-electron chi connectivity index (χ1n) is 7.01. The Bertz CT molecular complexity index is 783. The van der Waals surface area contributed by atoms with Gasteiger partial charge in [-0.2, -0.15) is 0 Å². The number of ether oxygens (including phenoxy) is 3. The Balaban J connectivity index is 2.31. The molecule has 0 aliphatic heterocycles. The zero-order chi connectivity index (χ0) is 17.7. The number of hydrogen-bond donors (Lipinski definition) is 1. The number of rotatable bonds is 6. The van der Waals surface area contributed by atoms with Crippen LogP contribution in [0.3, 0.4) is 0 Å². The van der Waals surface area contributed by atoms with E-state index in [1.807, 2.05) is 0 Å². The third kappa shape index (κ3) is 3.81. The molecule has 0 spiro atoms. The van der Waals surface area contributed by atoms with Crippen LogP contribution in [0.5, 0.6) is 23.0 Å². The van der Waals surface area contributed by atoms with Gasteiger partial charge >= 0.3 is 0 Å². The fourth-order valence-electron chi connectivity index (χ4n) is 2.11. The molecule has 0 fully saturated rings. The van der Waals surface area contributed by atoms with Crippen LogP contribution in [0, 0.1) is 0 Å². The van der Waals surface area contributed by atoms with Crippen molar-refractivity contribution in [3.8, 4) is 23.0 Å². The van der Waals surface area contributed by atoms with Crippen LogP contribution >= 0.6 is 11.6 Å². The average Bonchev–Trinajstić information content (AvgIpc) is 2.60. The molecule has 0 radical (unpaired) electrons. The summed E-state index contributed by atoms with van der Waals surface area (Å²) in [5, 5.41) is 9.90. The summed E-state index contributed by atoms with van der Waals surface area (Å²) in [7, 11) is 4.41. The van der Waals surface area contributed by atoms with Crippen molar-refractivity contribution < 1.29 is 24.1 Å². The number of allylic oxidation sites excluding steroid dienone is 1. The summed E-state index contributed by atoms with van der Waals surface area (Å²) in [5.41, 5.74) is 1.03. The zero-order valence-corrected chi connectivity index (χ0v) is 14.3. The molecule has 0 bridgehead atoms. The number of halogens is 1. The number of carbonyl (C=O) groups is 1. The Morgan fingerprint density at radius 3 is 2.29 bits per heavy atom. The lowest BCUT2D eigenvalue weighted by atomic mass is 10.1. The number of phenols is 1. The molecule has 0 saturated carbocycles. The first-order valence-corrected chi connectivity index (χ1v) is 7.39. The monoisotopic (exact) mass is 348 g/mol. The standard InChI is InChI=1S/C18H17ClO5/c1-22-16-10-17(23-2)13(19)9-12(16)14(20)6-4-11-5-7-15(21)18(8-11)24-3/h4-10,21H,1-3H3/b6-4+. The number of benzene rings is 2. The van der Waals surface area contributed by atoms with E-state index in [2.05, 4.69) is 0 Å². The third-order valence-electron chi connectivity index (χ3n) is 3.37. The van der Waals surface area contributed by atoms with Gasteiger partial charge in [-0.05, 0) is 29.8 Å². The SMILES string of the molecule is COc1cc(/C=C/C(=O)c2cc(Cl)c(OC)cc2OC)ccc1O. The van der Waals surface area contributed by atoms with Gasteiger partial charge in [0.2, 0.25) is 0 Å². The van der Waals surface area contributed by atoms with Crippen LogP contribution in [0.2, 0.25) is 5.02 Å². The zero-order valence-electron chi connectivity index (χ0n) is 13.5. The highest BCUT2D eigenvalue weighted by Gasteiger charge is 2.14. The van der Waals surface area contributed by atoms with E-state index in [-0.39, 0.29) is 11.5 Å².